The molecule has 0 N–H and O–H groups in total. The SMILES string of the molecule is CC1CN(c2nc(Br)cs2)CC(C)O1. The third-order valence-corrected chi connectivity index (χ3v) is 3.76. The number of ether oxygens (including phenoxy) is 1. The number of aromatic nitrogens is 1. The molecule has 5 heteroatoms. The number of nitrogens with zero attached hydrogens (tertiary/aromatic N) is 2. The first-order valence-electron chi connectivity index (χ1n) is 4.66. The molecule has 0 amide bonds. The molecule has 2 unspecified atom stereocenters. The molecule has 0 bridgehead atoms. The van der Waals surface area contributed by atoms with E-state index in [1.165, 1.54) is 0 Å². The fourth-order valence-corrected chi connectivity index (χ4v) is 2.99. The van der Waals surface area contributed by atoms with Crippen LogP contribution in [0.15, 0.2) is 9.98 Å². The van der Waals surface area contributed by atoms with Gasteiger partial charge >= 0.3 is 0 Å². The molecular formula is C9H13BrN2OS. The van der Waals surface area contributed by atoms with Crippen LogP contribution in [0.2, 0.25) is 0 Å². The molecular weight excluding hydrogens is 264 g/mol. The summed E-state index contributed by atoms with van der Waals surface area (Å²) in [4.78, 5) is 6.69. The van der Waals surface area contributed by atoms with Crippen LogP contribution >= 0.6 is 27.3 Å². The van der Waals surface area contributed by atoms with Gasteiger partial charge in [0, 0.05) is 18.5 Å². The minimum atomic E-state index is 0.293. The summed E-state index contributed by atoms with van der Waals surface area (Å²) < 4.78 is 6.59. The lowest BCUT2D eigenvalue weighted by Crippen LogP contribution is -2.45. The summed E-state index contributed by atoms with van der Waals surface area (Å²) in [5.41, 5.74) is 0. The van der Waals surface area contributed by atoms with Gasteiger partial charge in [0.05, 0.1) is 12.2 Å². The molecule has 1 aromatic heterocycles. The van der Waals surface area contributed by atoms with E-state index in [0.29, 0.717) is 12.2 Å². The van der Waals surface area contributed by atoms with Gasteiger partial charge in [0.15, 0.2) is 5.13 Å². The van der Waals surface area contributed by atoms with Crippen LogP contribution in [0.3, 0.4) is 0 Å². The van der Waals surface area contributed by atoms with Gasteiger partial charge in [-0.2, -0.15) is 0 Å². The molecule has 2 rings (SSSR count). The second kappa shape index (κ2) is 4.16. The van der Waals surface area contributed by atoms with Gasteiger partial charge in [0.1, 0.15) is 4.60 Å². The maximum atomic E-state index is 5.67. The van der Waals surface area contributed by atoms with E-state index < -0.39 is 0 Å². The maximum absolute atomic E-state index is 5.67. The second-order valence-corrected chi connectivity index (χ2v) is 5.26. The molecule has 1 saturated heterocycles. The lowest BCUT2D eigenvalue weighted by Gasteiger charge is -2.35. The third-order valence-electron chi connectivity index (χ3n) is 2.15. The number of hydrogen-bond acceptors (Lipinski definition) is 4. The molecule has 1 aromatic rings. The first kappa shape index (κ1) is 10.4. The standard InChI is InChI=1S/C9H13BrN2OS/c1-6-3-12(4-7(2)13-6)9-11-8(10)5-14-9/h5-7H,3-4H2,1-2H3. The van der Waals surface area contributed by atoms with Crippen LogP contribution in [-0.2, 0) is 4.74 Å². The van der Waals surface area contributed by atoms with Crippen LogP contribution in [-0.4, -0.2) is 30.3 Å². The van der Waals surface area contributed by atoms with Gasteiger partial charge in [0.2, 0.25) is 0 Å². The molecule has 1 aliphatic rings. The Kier molecular flexibility index (Phi) is 3.09. The predicted molar refractivity (Wildman–Crippen MR) is 62.0 cm³/mol. The highest BCUT2D eigenvalue weighted by molar-refractivity contribution is 9.10. The van der Waals surface area contributed by atoms with Crippen LogP contribution in [0, 0.1) is 0 Å². The van der Waals surface area contributed by atoms with Crippen LogP contribution in [0.5, 0.6) is 0 Å². The molecule has 0 aliphatic carbocycles. The van der Waals surface area contributed by atoms with Crippen molar-refractivity contribution in [3.8, 4) is 0 Å². The molecule has 3 nitrogen and oxygen atoms in total. The van der Waals surface area contributed by atoms with E-state index in [4.69, 9.17) is 4.74 Å². The number of morpholine rings is 1. The highest BCUT2D eigenvalue weighted by Crippen LogP contribution is 2.26. The summed E-state index contributed by atoms with van der Waals surface area (Å²) in [6.45, 7) is 6.07. The average molecular weight is 277 g/mol. The van der Waals surface area contributed by atoms with Crippen LogP contribution in [0.1, 0.15) is 13.8 Å². The Morgan fingerprint density at radius 3 is 2.64 bits per heavy atom. The monoisotopic (exact) mass is 276 g/mol. The summed E-state index contributed by atoms with van der Waals surface area (Å²) in [7, 11) is 0. The summed E-state index contributed by atoms with van der Waals surface area (Å²) >= 11 is 5.04. The number of anilines is 1. The van der Waals surface area contributed by atoms with Gasteiger partial charge in [0.25, 0.3) is 0 Å². The summed E-state index contributed by atoms with van der Waals surface area (Å²) in [6, 6.07) is 0. The molecule has 0 saturated carbocycles. The van der Waals surface area contributed by atoms with E-state index in [9.17, 15) is 0 Å². The Morgan fingerprint density at radius 1 is 1.50 bits per heavy atom. The van der Waals surface area contributed by atoms with Gasteiger partial charge in [-0.05, 0) is 29.8 Å². The van der Waals surface area contributed by atoms with Crippen molar-refractivity contribution < 1.29 is 4.74 Å². The highest BCUT2D eigenvalue weighted by atomic mass is 79.9. The first-order valence-corrected chi connectivity index (χ1v) is 6.34. The smallest absolute Gasteiger partial charge is 0.186 e. The third kappa shape index (κ3) is 2.27. The molecule has 2 atom stereocenters. The molecule has 1 aliphatic heterocycles. The van der Waals surface area contributed by atoms with Crippen molar-refractivity contribution in [1.29, 1.82) is 0 Å². The summed E-state index contributed by atoms with van der Waals surface area (Å²) in [5.74, 6) is 0. The van der Waals surface area contributed by atoms with Crippen molar-refractivity contribution in [1.82, 2.24) is 4.98 Å². The Labute approximate surface area is 96.2 Å². The van der Waals surface area contributed by atoms with E-state index in [0.717, 1.165) is 22.8 Å². The van der Waals surface area contributed by atoms with Gasteiger partial charge in [-0.15, -0.1) is 11.3 Å². The highest BCUT2D eigenvalue weighted by Gasteiger charge is 2.23. The first-order chi connectivity index (χ1) is 6.65. The van der Waals surface area contributed by atoms with Crippen LogP contribution in [0.4, 0.5) is 5.13 Å². The molecule has 1 fully saturated rings. The molecule has 78 valence electrons. The van der Waals surface area contributed by atoms with E-state index >= 15 is 0 Å². The molecule has 0 spiro atoms. The minimum absolute atomic E-state index is 0.293. The number of halogens is 1. The van der Waals surface area contributed by atoms with Crippen molar-refractivity contribution in [3.05, 3.63) is 9.98 Å². The lowest BCUT2D eigenvalue weighted by atomic mass is 10.2. The van der Waals surface area contributed by atoms with E-state index in [-0.39, 0.29) is 0 Å². The van der Waals surface area contributed by atoms with Crippen LogP contribution < -0.4 is 4.90 Å². The van der Waals surface area contributed by atoms with Crippen molar-refractivity contribution >= 4 is 32.4 Å². The fourth-order valence-electron chi connectivity index (χ4n) is 1.72. The van der Waals surface area contributed by atoms with Crippen molar-refractivity contribution in [2.45, 2.75) is 26.1 Å². The zero-order valence-corrected chi connectivity index (χ0v) is 10.6. The number of hydrogen-bond donors (Lipinski definition) is 0. The number of rotatable bonds is 1. The topological polar surface area (TPSA) is 25.4 Å². The van der Waals surface area contributed by atoms with Gasteiger partial charge in [-0.1, -0.05) is 0 Å². The molecule has 0 radical (unpaired) electrons. The van der Waals surface area contributed by atoms with Crippen molar-refractivity contribution in [2.24, 2.45) is 0 Å². The largest absolute Gasteiger partial charge is 0.372 e. The van der Waals surface area contributed by atoms with Crippen molar-refractivity contribution in [2.75, 3.05) is 18.0 Å². The zero-order chi connectivity index (χ0) is 10.1. The van der Waals surface area contributed by atoms with Gasteiger partial charge in [-0.25, -0.2) is 4.98 Å². The summed E-state index contributed by atoms with van der Waals surface area (Å²) in [6.07, 6.45) is 0.586. The van der Waals surface area contributed by atoms with Crippen molar-refractivity contribution in [3.63, 3.8) is 0 Å². The normalized spacial score (nSPS) is 28.1. The van der Waals surface area contributed by atoms with E-state index in [1.807, 2.05) is 5.38 Å². The van der Waals surface area contributed by atoms with Gasteiger partial charge < -0.3 is 9.64 Å². The molecule has 2 heterocycles. The average Bonchev–Trinajstić information content (AvgIpc) is 2.50. The number of thiazole rings is 1. The fraction of sp³-hybridized carbons (Fsp3) is 0.667. The molecule has 0 aromatic carbocycles. The Morgan fingerprint density at radius 2 is 2.14 bits per heavy atom. The zero-order valence-electron chi connectivity index (χ0n) is 8.24. The lowest BCUT2D eigenvalue weighted by molar-refractivity contribution is -0.00523. The summed E-state index contributed by atoms with van der Waals surface area (Å²) in [5, 5.41) is 3.10. The quantitative estimate of drug-likeness (QED) is 0.788. The molecule has 14 heavy (non-hydrogen) atoms. The Bertz CT molecular complexity index is 308. The Balaban J connectivity index is 2.10. The van der Waals surface area contributed by atoms with E-state index in [1.54, 1.807) is 11.3 Å². The maximum Gasteiger partial charge on any atom is 0.186 e. The van der Waals surface area contributed by atoms with Gasteiger partial charge in [-0.3, -0.25) is 0 Å². The van der Waals surface area contributed by atoms with E-state index in [2.05, 4.69) is 39.7 Å². The predicted octanol–water partition coefficient (Wildman–Crippen LogP) is 2.52. The Hall–Kier alpha value is -0.130. The second-order valence-electron chi connectivity index (χ2n) is 3.62. The minimum Gasteiger partial charge on any atom is -0.372 e. The van der Waals surface area contributed by atoms with Crippen LogP contribution in [0.25, 0.3) is 0 Å².